The van der Waals surface area contributed by atoms with Crippen LogP contribution < -0.4 is 0 Å². The lowest BCUT2D eigenvalue weighted by molar-refractivity contribution is -0.132. The van der Waals surface area contributed by atoms with E-state index in [9.17, 15) is 14.4 Å². The fourth-order valence-electron chi connectivity index (χ4n) is 3.61. The summed E-state index contributed by atoms with van der Waals surface area (Å²) in [6, 6.07) is 0. The Morgan fingerprint density at radius 1 is 1.04 bits per heavy atom. The first kappa shape index (κ1) is 21.9. The second kappa shape index (κ2) is 9.73. The number of likely N-dealkylation sites (N-methyl/N-ethyl adjacent to an activating group) is 1. The smallest absolute Gasteiger partial charge is 0.340 e. The van der Waals surface area contributed by atoms with Gasteiger partial charge in [0.2, 0.25) is 5.91 Å². The highest BCUT2D eigenvalue weighted by Crippen LogP contribution is 2.21. The molecule has 0 unspecified atom stereocenters. The Kier molecular flexibility index (Phi) is 7.62. The van der Waals surface area contributed by atoms with Crippen molar-refractivity contribution in [2.24, 2.45) is 0 Å². The molecule has 1 aliphatic rings. The first-order valence-electron chi connectivity index (χ1n) is 9.99. The molecule has 1 saturated heterocycles. The third-order valence-electron chi connectivity index (χ3n) is 5.27. The summed E-state index contributed by atoms with van der Waals surface area (Å²) in [4.78, 5) is 46.1. The molecular formula is C20H32N4O4. The zero-order valence-electron chi connectivity index (χ0n) is 17.6. The molecule has 2 rings (SSSR count). The van der Waals surface area contributed by atoms with Crippen LogP contribution in [0.25, 0.3) is 0 Å². The van der Waals surface area contributed by atoms with Gasteiger partial charge in [-0.2, -0.15) is 0 Å². The first-order valence-corrected chi connectivity index (χ1v) is 9.99. The number of ether oxygens (including phenoxy) is 1. The molecule has 28 heavy (non-hydrogen) atoms. The molecule has 0 saturated carbocycles. The van der Waals surface area contributed by atoms with Crippen LogP contribution in [-0.4, -0.2) is 89.9 Å². The van der Waals surface area contributed by atoms with Crippen LogP contribution in [0.5, 0.6) is 0 Å². The van der Waals surface area contributed by atoms with Gasteiger partial charge in [0.25, 0.3) is 5.91 Å². The van der Waals surface area contributed by atoms with Crippen molar-refractivity contribution < 1.29 is 19.1 Å². The van der Waals surface area contributed by atoms with Crippen molar-refractivity contribution in [3.63, 3.8) is 0 Å². The Morgan fingerprint density at radius 3 is 2.18 bits per heavy atom. The quantitative estimate of drug-likeness (QED) is 0.710. The van der Waals surface area contributed by atoms with Gasteiger partial charge >= 0.3 is 5.97 Å². The van der Waals surface area contributed by atoms with Gasteiger partial charge in [-0.15, -0.1) is 0 Å². The molecule has 1 aromatic rings. The van der Waals surface area contributed by atoms with Crippen LogP contribution in [0.15, 0.2) is 0 Å². The van der Waals surface area contributed by atoms with Gasteiger partial charge in [-0.05, 0) is 40.2 Å². The summed E-state index contributed by atoms with van der Waals surface area (Å²) in [7, 11) is 0. The standard InChI is InChI=1S/C20H32N4O4/c1-6-23(7-2)16(25)13-22-9-11-24(12-10-22)19(26)18-14(4)17(15(5)21-18)20(27)28-8-3/h21H,6-13H2,1-5H3. The maximum atomic E-state index is 12.9. The van der Waals surface area contributed by atoms with Gasteiger partial charge in [0.05, 0.1) is 18.7 Å². The highest BCUT2D eigenvalue weighted by Gasteiger charge is 2.28. The van der Waals surface area contributed by atoms with Crippen LogP contribution in [0, 0.1) is 13.8 Å². The number of esters is 1. The van der Waals surface area contributed by atoms with E-state index in [0.717, 1.165) is 0 Å². The Labute approximate surface area is 166 Å². The summed E-state index contributed by atoms with van der Waals surface area (Å²) in [5.74, 6) is -0.405. The van der Waals surface area contributed by atoms with E-state index in [-0.39, 0.29) is 11.8 Å². The van der Waals surface area contributed by atoms with Gasteiger partial charge in [-0.3, -0.25) is 14.5 Å². The van der Waals surface area contributed by atoms with E-state index in [1.807, 2.05) is 18.7 Å². The van der Waals surface area contributed by atoms with Gasteiger partial charge in [-0.25, -0.2) is 4.79 Å². The lowest BCUT2D eigenvalue weighted by Gasteiger charge is -2.35. The molecule has 0 bridgehead atoms. The maximum absolute atomic E-state index is 12.9. The third-order valence-corrected chi connectivity index (χ3v) is 5.27. The highest BCUT2D eigenvalue weighted by atomic mass is 16.5. The lowest BCUT2D eigenvalue weighted by atomic mass is 10.1. The third kappa shape index (κ3) is 4.73. The number of aryl methyl sites for hydroxylation is 1. The zero-order valence-corrected chi connectivity index (χ0v) is 17.6. The summed E-state index contributed by atoms with van der Waals surface area (Å²) >= 11 is 0. The van der Waals surface area contributed by atoms with E-state index in [1.54, 1.807) is 25.7 Å². The summed E-state index contributed by atoms with van der Waals surface area (Å²) in [5, 5.41) is 0. The molecule has 0 radical (unpaired) electrons. The number of amides is 2. The maximum Gasteiger partial charge on any atom is 0.340 e. The van der Waals surface area contributed by atoms with Crippen LogP contribution in [0.1, 0.15) is 52.9 Å². The van der Waals surface area contributed by atoms with Gasteiger partial charge in [0, 0.05) is 45.0 Å². The SMILES string of the molecule is CCOC(=O)c1c(C)[nH]c(C(=O)N2CCN(CC(=O)N(CC)CC)CC2)c1C. The number of carbonyl (C=O) groups excluding carboxylic acids is 3. The van der Waals surface area contributed by atoms with Crippen molar-refractivity contribution in [1.82, 2.24) is 19.7 Å². The predicted molar refractivity (Wildman–Crippen MR) is 106 cm³/mol. The molecule has 0 atom stereocenters. The molecule has 1 fully saturated rings. The zero-order chi connectivity index (χ0) is 20.8. The first-order chi connectivity index (χ1) is 13.3. The molecule has 2 heterocycles. The van der Waals surface area contributed by atoms with E-state index >= 15 is 0 Å². The second-order valence-electron chi connectivity index (χ2n) is 6.98. The number of piperazine rings is 1. The van der Waals surface area contributed by atoms with Crippen molar-refractivity contribution in [2.45, 2.75) is 34.6 Å². The predicted octanol–water partition coefficient (Wildman–Crippen LogP) is 1.43. The topological polar surface area (TPSA) is 86.0 Å². The molecule has 8 nitrogen and oxygen atoms in total. The highest BCUT2D eigenvalue weighted by molar-refractivity contribution is 6.00. The van der Waals surface area contributed by atoms with Crippen LogP contribution in [0.2, 0.25) is 0 Å². The molecule has 1 aliphatic heterocycles. The number of nitrogens with one attached hydrogen (secondary N) is 1. The minimum atomic E-state index is -0.410. The molecule has 0 spiro atoms. The Morgan fingerprint density at radius 2 is 1.64 bits per heavy atom. The van der Waals surface area contributed by atoms with E-state index < -0.39 is 5.97 Å². The number of aromatic nitrogens is 1. The number of H-pyrrole nitrogens is 1. The number of hydrogen-bond donors (Lipinski definition) is 1. The number of carbonyl (C=O) groups is 3. The molecule has 2 amide bonds. The minimum Gasteiger partial charge on any atom is -0.462 e. The summed E-state index contributed by atoms with van der Waals surface area (Å²) < 4.78 is 5.09. The van der Waals surface area contributed by atoms with Crippen LogP contribution >= 0.6 is 0 Å². The van der Waals surface area contributed by atoms with Crippen LogP contribution in [0.4, 0.5) is 0 Å². The second-order valence-corrected chi connectivity index (χ2v) is 6.98. The van der Waals surface area contributed by atoms with Crippen molar-refractivity contribution >= 4 is 17.8 Å². The van der Waals surface area contributed by atoms with E-state index in [1.165, 1.54) is 0 Å². The number of aromatic amines is 1. The van der Waals surface area contributed by atoms with Gasteiger partial charge in [-0.1, -0.05) is 0 Å². The summed E-state index contributed by atoms with van der Waals surface area (Å²) in [6.07, 6.45) is 0. The molecular weight excluding hydrogens is 360 g/mol. The van der Waals surface area contributed by atoms with Crippen molar-refractivity contribution in [1.29, 1.82) is 0 Å². The van der Waals surface area contributed by atoms with Gasteiger partial charge < -0.3 is 19.5 Å². The van der Waals surface area contributed by atoms with Crippen molar-refractivity contribution in [2.75, 3.05) is 52.4 Å². The molecule has 1 N–H and O–H groups in total. The van der Waals surface area contributed by atoms with E-state index in [2.05, 4.69) is 9.88 Å². The summed E-state index contributed by atoms with van der Waals surface area (Å²) in [6.45, 7) is 13.8. The van der Waals surface area contributed by atoms with Crippen molar-refractivity contribution in [3.05, 3.63) is 22.5 Å². The van der Waals surface area contributed by atoms with Crippen molar-refractivity contribution in [3.8, 4) is 0 Å². The number of nitrogens with zero attached hydrogens (tertiary/aromatic N) is 3. The largest absolute Gasteiger partial charge is 0.462 e. The number of hydrogen-bond acceptors (Lipinski definition) is 5. The molecule has 0 aliphatic carbocycles. The average Bonchev–Trinajstić information content (AvgIpc) is 2.97. The van der Waals surface area contributed by atoms with E-state index in [0.29, 0.717) is 74.9 Å². The Hall–Kier alpha value is -2.35. The minimum absolute atomic E-state index is 0.120. The molecule has 0 aromatic carbocycles. The average molecular weight is 393 g/mol. The Balaban J connectivity index is 2.00. The number of rotatable bonds is 7. The molecule has 156 valence electrons. The van der Waals surface area contributed by atoms with Gasteiger partial charge in [0.1, 0.15) is 5.69 Å². The summed E-state index contributed by atoms with van der Waals surface area (Å²) in [5.41, 5.74) is 2.14. The van der Waals surface area contributed by atoms with Crippen LogP contribution in [0.3, 0.4) is 0 Å². The molecule has 8 heteroatoms. The fourth-order valence-corrected chi connectivity index (χ4v) is 3.61. The van der Waals surface area contributed by atoms with Gasteiger partial charge in [0.15, 0.2) is 0 Å². The van der Waals surface area contributed by atoms with E-state index in [4.69, 9.17) is 4.74 Å². The fraction of sp³-hybridized carbons (Fsp3) is 0.650. The lowest BCUT2D eigenvalue weighted by Crippen LogP contribution is -2.51. The monoisotopic (exact) mass is 392 g/mol. The Bertz CT molecular complexity index is 716. The normalized spacial score (nSPS) is 14.8. The van der Waals surface area contributed by atoms with Crippen LogP contribution in [-0.2, 0) is 9.53 Å². The molecule has 1 aromatic heterocycles.